The van der Waals surface area contributed by atoms with Gasteiger partial charge in [0.15, 0.2) is 11.5 Å². The molecule has 0 atom stereocenters. The van der Waals surface area contributed by atoms with Gasteiger partial charge in [-0.15, -0.1) is 0 Å². The molecule has 2 aliphatic rings. The Morgan fingerprint density at radius 2 is 1.31 bits per heavy atom. The summed E-state index contributed by atoms with van der Waals surface area (Å²) in [4.78, 5) is 4.95. The Kier molecular flexibility index (Phi) is 10.0. The van der Waals surface area contributed by atoms with Crippen LogP contribution < -0.4 is 9.47 Å². The van der Waals surface area contributed by atoms with Gasteiger partial charge in [0.2, 0.25) is 0 Å². The molecule has 7 nitrogen and oxygen atoms in total. The fourth-order valence-corrected chi connectivity index (χ4v) is 3.48. The first-order valence-electron chi connectivity index (χ1n) is 10.8. The zero-order valence-corrected chi connectivity index (χ0v) is 17.8. The first-order valence-corrected chi connectivity index (χ1v) is 10.8. The fraction of sp³-hybridized carbons (Fsp3) is 0.727. The van der Waals surface area contributed by atoms with Crippen LogP contribution in [0.2, 0.25) is 0 Å². The molecule has 0 saturated carbocycles. The molecule has 0 radical (unpaired) electrons. The van der Waals surface area contributed by atoms with Gasteiger partial charge in [-0.1, -0.05) is 6.07 Å². The highest BCUT2D eigenvalue weighted by Crippen LogP contribution is 2.29. The number of hydrogen-bond acceptors (Lipinski definition) is 7. The van der Waals surface area contributed by atoms with Crippen molar-refractivity contribution >= 4 is 0 Å². The van der Waals surface area contributed by atoms with Crippen LogP contribution in [0.5, 0.6) is 11.5 Å². The van der Waals surface area contributed by atoms with Crippen LogP contribution in [-0.2, 0) is 20.6 Å². The van der Waals surface area contributed by atoms with Crippen molar-refractivity contribution in [3.63, 3.8) is 0 Å². The topological polar surface area (TPSA) is 52.6 Å². The molecule has 2 aliphatic heterocycles. The normalized spacial score (nSPS) is 21.3. The molecule has 0 amide bonds. The van der Waals surface area contributed by atoms with Crippen LogP contribution in [-0.4, -0.2) is 102 Å². The van der Waals surface area contributed by atoms with Crippen molar-refractivity contribution in [1.82, 2.24) is 9.80 Å². The monoisotopic (exact) mass is 408 g/mol. The molecule has 1 saturated heterocycles. The molecule has 164 valence electrons. The third kappa shape index (κ3) is 8.48. The van der Waals surface area contributed by atoms with Crippen LogP contribution in [0.4, 0.5) is 0 Å². The highest BCUT2D eigenvalue weighted by Gasteiger charge is 2.13. The van der Waals surface area contributed by atoms with Gasteiger partial charge in [-0.05, 0) is 44.1 Å². The van der Waals surface area contributed by atoms with Crippen LogP contribution >= 0.6 is 0 Å². The molecular weight excluding hydrogens is 372 g/mol. The summed E-state index contributed by atoms with van der Waals surface area (Å²) < 4.78 is 28.4. The molecular formula is C22H36N2O5. The predicted molar refractivity (Wildman–Crippen MR) is 112 cm³/mol. The van der Waals surface area contributed by atoms with E-state index in [1.54, 1.807) is 0 Å². The zero-order valence-electron chi connectivity index (χ0n) is 17.8. The van der Waals surface area contributed by atoms with Crippen LogP contribution in [0, 0.1) is 0 Å². The molecule has 1 fully saturated rings. The minimum Gasteiger partial charge on any atom is -0.487 e. The standard InChI is InChI=1S/C22H36N2O5/c1-23-7-9-24(10-8-23)6-2-3-20-4-5-21-22(19-20)29-18-16-27-14-12-25-11-13-26-15-17-28-21/h4-5,19H,2-3,6-18H2,1H3. The molecule has 7 heteroatoms. The van der Waals surface area contributed by atoms with Gasteiger partial charge < -0.3 is 33.5 Å². The van der Waals surface area contributed by atoms with Gasteiger partial charge in [-0.25, -0.2) is 0 Å². The van der Waals surface area contributed by atoms with E-state index in [1.807, 2.05) is 6.07 Å². The van der Waals surface area contributed by atoms with E-state index in [0.717, 1.165) is 30.9 Å². The fourth-order valence-electron chi connectivity index (χ4n) is 3.48. The molecule has 1 aromatic carbocycles. The minimum absolute atomic E-state index is 0.496. The maximum absolute atomic E-state index is 5.96. The van der Waals surface area contributed by atoms with E-state index >= 15 is 0 Å². The maximum Gasteiger partial charge on any atom is 0.161 e. The van der Waals surface area contributed by atoms with Crippen molar-refractivity contribution < 1.29 is 23.7 Å². The summed E-state index contributed by atoms with van der Waals surface area (Å²) in [6.45, 7) is 10.2. The van der Waals surface area contributed by atoms with Crippen molar-refractivity contribution in [3.05, 3.63) is 23.8 Å². The number of benzene rings is 1. The second-order valence-electron chi connectivity index (χ2n) is 7.56. The molecule has 1 aromatic rings. The number of rotatable bonds is 4. The molecule has 0 aromatic heterocycles. The predicted octanol–water partition coefficient (Wildman–Crippen LogP) is 1.69. The molecule has 0 aliphatic carbocycles. The Morgan fingerprint density at radius 3 is 1.97 bits per heavy atom. The van der Waals surface area contributed by atoms with Crippen molar-refractivity contribution in [2.75, 3.05) is 92.6 Å². The smallest absolute Gasteiger partial charge is 0.161 e. The summed E-state index contributed by atoms with van der Waals surface area (Å²) in [5.74, 6) is 1.55. The number of piperazine rings is 1. The second kappa shape index (κ2) is 13.0. The van der Waals surface area contributed by atoms with Crippen molar-refractivity contribution in [2.45, 2.75) is 12.8 Å². The summed E-state index contributed by atoms with van der Waals surface area (Å²) in [6.07, 6.45) is 2.19. The van der Waals surface area contributed by atoms with Gasteiger partial charge in [-0.2, -0.15) is 0 Å². The summed E-state index contributed by atoms with van der Waals surface area (Å²) in [7, 11) is 2.20. The van der Waals surface area contributed by atoms with E-state index in [2.05, 4.69) is 29.0 Å². The number of fused-ring (bicyclic) bond motifs is 1. The van der Waals surface area contributed by atoms with Gasteiger partial charge in [-0.3, -0.25) is 0 Å². The molecule has 29 heavy (non-hydrogen) atoms. The highest BCUT2D eigenvalue weighted by atomic mass is 16.6. The quantitative estimate of drug-likeness (QED) is 0.751. The van der Waals surface area contributed by atoms with Gasteiger partial charge in [0.05, 0.1) is 39.6 Å². The van der Waals surface area contributed by atoms with Gasteiger partial charge in [0.25, 0.3) is 0 Å². The van der Waals surface area contributed by atoms with E-state index < -0.39 is 0 Å². The average Bonchev–Trinajstić information content (AvgIpc) is 2.74. The second-order valence-corrected chi connectivity index (χ2v) is 7.56. The summed E-state index contributed by atoms with van der Waals surface area (Å²) in [5, 5.41) is 0. The minimum atomic E-state index is 0.496. The summed E-state index contributed by atoms with van der Waals surface area (Å²) >= 11 is 0. The van der Waals surface area contributed by atoms with Crippen LogP contribution in [0.25, 0.3) is 0 Å². The van der Waals surface area contributed by atoms with Crippen molar-refractivity contribution in [2.24, 2.45) is 0 Å². The Morgan fingerprint density at radius 1 is 0.724 bits per heavy atom. The zero-order chi connectivity index (χ0) is 20.2. The van der Waals surface area contributed by atoms with Crippen molar-refractivity contribution in [1.29, 1.82) is 0 Å². The lowest BCUT2D eigenvalue weighted by atomic mass is 10.1. The number of aryl methyl sites for hydroxylation is 1. The Bertz CT molecular complexity index is 578. The largest absolute Gasteiger partial charge is 0.487 e. The first kappa shape index (κ1) is 22.3. The van der Waals surface area contributed by atoms with E-state index in [1.165, 1.54) is 31.7 Å². The molecule has 0 bridgehead atoms. The lowest BCUT2D eigenvalue weighted by molar-refractivity contribution is 0.00708. The van der Waals surface area contributed by atoms with E-state index in [0.29, 0.717) is 52.9 Å². The van der Waals surface area contributed by atoms with Gasteiger partial charge >= 0.3 is 0 Å². The summed E-state index contributed by atoms with van der Waals surface area (Å²) in [5.41, 5.74) is 1.28. The average molecular weight is 409 g/mol. The lowest BCUT2D eigenvalue weighted by Crippen LogP contribution is -2.44. The first-order chi connectivity index (χ1) is 14.3. The lowest BCUT2D eigenvalue weighted by Gasteiger charge is -2.32. The molecule has 0 N–H and O–H groups in total. The number of ether oxygens (including phenoxy) is 5. The van der Waals surface area contributed by atoms with Crippen LogP contribution in [0.15, 0.2) is 18.2 Å². The van der Waals surface area contributed by atoms with Gasteiger partial charge in [0.1, 0.15) is 13.2 Å². The molecule has 0 spiro atoms. The van der Waals surface area contributed by atoms with Gasteiger partial charge in [0, 0.05) is 26.2 Å². The third-order valence-electron chi connectivity index (χ3n) is 5.26. The number of nitrogens with zero attached hydrogens (tertiary/aromatic N) is 2. The van der Waals surface area contributed by atoms with E-state index in [-0.39, 0.29) is 0 Å². The number of hydrogen-bond donors (Lipinski definition) is 0. The highest BCUT2D eigenvalue weighted by molar-refractivity contribution is 5.43. The Balaban J connectivity index is 1.50. The maximum atomic E-state index is 5.96. The Hall–Kier alpha value is -1.38. The van der Waals surface area contributed by atoms with E-state index in [9.17, 15) is 0 Å². The molecule has 2 heterocycles. The van der Waals surface area contributed by atoms with Crippen molar-refractivity contribution in [3.8, 4) is 11.5 Å². The third-order valence-corrected chi connectivity index (χ3v) is 5.26. The summed E-state index contributed by atoms with van der Waals surface area (Å²) in [6, 6.07) is 6.27. The molecule has 0 unspecified atom stereocenters. The van der Waals surface area contributed by atoms with Crippen LogP contribution in [0.1, 0.15) is 12.0 Å². The van der Waals surface area contributed by atoms with E-state index in [4.69, 9.17) is 23.7 Å². The SMILES string of the molecule is CN1CCN(CCCc2ccc3c(c2)OCCOCCOCCOCCO3)CC1. The van der Waals surface area contributed by atoms with Crippen LogP contribution in [0.3, 0.4) is 0 Å². The molecule has 3 rings (SSSR count). The number of likely N-dealkylation sites (N-methyl/N-ethyl adjacent to an activating group) is 1. The Labute approximate surface area is 174 Å².